The number of fused-ring (bicyclic) bond motifs is 3. The summed E-state index contributed by atoms with van der Waals surface area (Å²) in [6.07, 6.45) is -0.732. The number of hydrogen-bond acceptors (Lipinski definition) is 2. The highest BCUT2D eigenvalue weighted by atomic mass is 19.4. The van der Waals surface area contributed by atoms with Crippen LogP contribution >= 0.6 is 0 Å². The van der Waals surface area contributed by atoms with Gasteiger partial charge >= 0.3 is 12.1 Å². The number of carboxylic acid groups (broad SMARTS) is 1. The molecule has 2 aliphatic carbocycles. The zero-order valence-corrected chi connectivity index (χ0v) is 23.3. The lowest BCUT2D eigenvalue weighted by atomic mass is 9.63. The lowest BCUT2D eigenvalue weighted by molar-refractivity contribution is -0.228. The Kier molecular flexibility index (Phi) is 7.07. The number of benzene rings is 2. The van der Waals surface area contributed by atoms with Gasteiger partial charge in [0.15, 0.2) is 0 Å². The van der Waals surface area contributed by atoms with Gasteiger partial charge in [0.1, 0.15) is 0 Å². The van der Waals surface area contributed by atoms with Crippen molar-refractivity contribution < 1.29 is 32.3 Å². The lowest BCUT2D eigenvalue weighted by Gasteiger charge is -2.46. The molecule has 3 atom stereocenters. The molecule has 1 aliphatic heterocycles. The van der Waals surface area contributed by atoms with Crippen LogP contribution in [0, 0.1) is 18.3 Å². The molecule has 0 radical (unpaired) electrons. The molecule has 3 unspecified atom stereocenters. The summed E-state index contributed by atoms with van der Waals surface area (Å²) in [7, 11) is 0. The lowest BCUT2D eigenvalue weighted by Crippen LogP contribution is -2.53. The van der Waals surface area contributed by atoms with Gasteiger partial charge in [-0.2, -0.15) is 13.2 Å². The minimum atomic E-state index is -5.02. The number of amides is 1. The summed E-state index contributed by atoms with van der Waals surface area (Å²) in [5.74, 6) is -1.19. The molecule has 2 aromatic carbocycles. The first-order valence-electron chi connectivity index (χ1n) is 14.2. The maximum absolute atomic E-state index is 14.9. The van der Waals surface area contributed by atoms with E-state index in [-0.39, 0.29) is 11.9 Å². The Balaban J connectivity index is 1.52. The van der Waals surface area contributed by atoms with Crippen molar-refractivity contribution in [2.45, 2.75) is 95.4 Å². The van der Waals surface area contributed by atoms with E-state index in [9.17, 15) is 32.3 Å². The van der Waals surface area contributed by atoms with E-state index in [1.54, 1.807) is 6.07 Å². The van der Waals surface area contributed by atoms with Crippen LogP contribution < -0.4 is 0 Å². The van der Waals surface area contributed by atoms with E-state index in [1.807, 2.05) is 36.9 Å². The Labute approximate surface area is 232 Å². The van der Waals surface area contributed by atoms with Gasteiger partial charge in [0.25, 0.3) is 0 Å². The van der Waals surface area contributed by atoms with Crippen LogP contribution in [0.5, 0.6) is 0 Å². The third-order valence-electron chi connectivity index (χ3n) is 10.0. The molecule has 5 rings (SSSR count). The monoisotopic (exact) mass is 559 g/mol. The molecule has 1 saturated carbocycles. The van der Waals surface area contributed by atoms with Gasteiger partial charge in [-0.1, -0.05) is 55.0 Å². The topological polar surface area (TPSA) is 57.6 Å². The highest BCUT2D eigenvalue weighted by Crippen LogP contribution is 2.52. The quantitative estimate of drug-likeness (QED) is 0.400. The number of alkyl halides is 4. The Morgan fingerprint density at radius 2 is 1.73 bits per heavy atom. The molecular formula is C32H37F4NO3. The van der Waals surface area contributed by atoms with Crippen molar-refractivity contribution >= 4 is 11.9 Å². The largest absolute Gasteiger partial charge is 0.481 e. The fourth-order valence-electron chi connectivity index (χ4n) is 7.51. The molecular weight excluding hydrogens is 522 g/mol. The second-order valence-electron chi connectivity index (χ2n) is 12.7. The van der Waals surface area contributed by atoms with Crippen molar-refractivity contribution in [1.82, 2.24) is 4.90 Å². The zero-order chi connectivity index (χ0) is 29.1. The molecule has 1 heterocycles. The van der Waals surface area contributed by atoms with Crippen molar-refractivity contribution in [2.24, 2.45) is 11.3 Å². The first-order chi connectivity index (χ1) is 18.7. The number of rotatable bonds is 5. The van der Waals surface area contributed by atoms with Crippen LogP contribution in [0.15, 0.2) is 42.5 Å². The number of nitrogens with zero attached hydrogens (tertiary/aromatic N) is 1. The SMILES string of the molecule is Cc1cccc(CC23CCN(C(=O)C4(C)CCC(C(=O)O)CC4)C2CCc2cc(C(C)(F)C(F)(F)F)ccc23)c1. The van der Waals surface area contributed by atoms with Crippen LogP contribution in [0.25, 0.3) is 0 Å². The number of carboxylic acids is 1. The first kappa shape index (κ1) is 28.6. The normalized spacial score (nSPS) is 29.8. The van der Waals surface area contributed by atoms with Crippen molar-refractivity contribution in [3.8, 4) is 0 Å². The smallest absolute Gasteiger partial charge is 0.426 e. The second-order valence-corrected chi connectivity index (χ2v) is 12.7. The number of aliphatic carboxylic acids is 1. The van der Waals surface area contributed by atoms with Gasteiger partial charge in [-0.15, -0.1) is 0 Å². The van der Waals surface area contributed by atoms with Crippen molar-refractivity contribution in [2.75, 3.05) is 6.54 Å². The van der Waals surface area contributed by atoms with Crippen molar-refractivity contribution in [1.29, 1.82) is 0 Å². The summed E-state index contributed by atoms with van der Waals surface area (Å²) in [6.45, 7) is 5.05. The summed E-state index contributed by atoms with van der Waals surface area (Å²) in [4.78, 5) is 27.6. The number of hydrogen-bond donors (Lipinski definition) is 1. The van der Waals surface area contributed by atoms with Crippen LogP contribution in [0.4, 0.5) is 17.6 Å². The summed E-state index contributed by atoms with van der Waals surface area (Å²) >= 11 is 0. The van der Waals surface area contributed by atoms with E-state index in [4.69, 9.17) is 0 Å². The highest BCUT2D eigenvalue weighted by Gasteiger charge is 2.57. The molecule has 1 amide bonds. The third-order valence-corrected chi connectivity index (χ3v) is 10.0. The Morgan fingerprint density at radius 3 is 2.35 bits per heavy atom. The Bertz CT molecular complexity index is 1310. The number of carbonyl (C=O) groups excluding carboxylic acids is 1. The van der Waals surface area contributed by atoms with E-state index < -0.39 is 40.1 Å². The average molecular weight is 560 g/mol. The Hall–Kier alpha value is -2.90. The number of aryl methyl sites for hydroxylation is 2. The Morgan fingerprint density at radius 1 is 1.02 bits per heavy atom. The summed E-state index contributed by atoms with van der Waals surface area (Å²) in [6, 6.07) is 12.3. The van der Waals surface area contributed by atoms with E-state index >= 15 is 0 Å². The van der Waals surface area contributed by atoms with Crippen LogP contribution in [-0.4, -0.2) is 40.6 Å². The second kappa shape index (κ2) is 9.88. The van der Waals surface area contributed by atoms with Gasteiger partial charge in [0.2, 0.25) is 11.6 Å². The van der Waals surface area contributed by atoms with E-state index in [1.165, 1.54) is 12.1 Å². The molecule has 40 heavy (non-hydrogen) atoms. The summed E-state index contributed by atoms with van der Waals surface area (Å²) in [5, 5.41) is 9.43. The molecule has 8 heteroatoms. The fraction of sp³-hybridized carbons (Fsp3) is 0.562. The van der Waals surface area contributed by atoms with Gasteiger partial charge in [-0.3, -0.25) is 9.59 Å². The molecule has 1 N–H and O–H groups in total. The van der Waals surface area contributed by atoms with Crippen LogP contribution in [0.1, 0.15) is 80.2 Å². The third kappa shape index (κ3) is 4.71. The van der Waals surface area contributed by atoms with Gasteiger partial charge in [-0.05, 0) is 87.5 Å². The van der Waals surface area contributed by atoms with Gasteiger partial charge in [-0.25, -0.2) is 4.39 Å². The van der Waals surface area contributed by atoms with Crippen molar-refractivity contribution in [3.05, 3.63) is 70.3 Å². The van der Waals surface area contributed by atoms with Crippen molar-refractivity contribution in [3.63, 3.8) is 0 Å². The van der Waals surface area contributed by atoms with Crippen LogP contribution in [0.2, 0.25) is 0 Å². The molecule has 2 aromatic rings. The van der Waals surface area contributed by atoms with E-state index in [0.29, 0.717) is 64.8 Å². The zero-order valence-electron chi connectivity index (χ0n) is 23.3. The minimum Gasteiger partial charge on any atom is -0.481 e. The van der Waals surface area contributed by atoms with Gasteiger partial charge < -0.3 is 10.0 Å². The van der Waals surface area contributed by atoms with Gasteiger partial charge in [0.05, 0.1) is 5.92 Å². The molecule has 4 nitrogen and oxygen atoms in total. The van der Waals surface area contributed by atoms with E-state index in [0.717, 1.165) is 22.3 Å². The fourth-order valence-corrected chi connectivity index (χ4v) is 7.51. The summed E-state index contributed by atoms with van der Waals surface area (Å²) < 4.78 is 55.5. The number of halogens is 4. The maximum Gasteiger partial charge on any atom is 0.426 e. The number of carbonyl (C=O) groups is 2. The average Bonchev–Trinajstić information content (AvgIpc) is 3.26. The van der Waals surface area contributed by atoms with Crippen LogP contribution in [0.3, 0.4) is 0 Å². The molecule has 0 aromatic heterocycles. The molecule has 216 valence electrons. The number of likely N-dealkylation sites (tertiary alicyclic amines) is 1. The van der Waals surface area contributed by atoms with Gasteiger partial charge in [0, 0.05) is 23.4 Å². The predicted molar refractivity (Wildman–Crippen MR) is 144 cm³/mol. The molecule has 3 aliphatic rings. The standard InChI is InChI=1S/C32H37F4NO3/c1-20-5-4-6-21(17-20)19-31-15-16-37(28(40)29(2)13-11-22(12-14-29)27(38)39)26(31)10-7-23-18-24(8-9-25(23)31)30(3,33)32(34,35)36/h4-6,8-9,17-18,22,26H,7,10-16,19H2,1-3H3,(H,38,39). The first-order valence-corrected chi connectivity index (χ1v) is 14.2. The molecule has 2 fully saturated rings. The highest BCUT2D eigenvalue weighted by molar-refractivity contribution is 5.84. The molecule has 1 saturated heterocycles. The maximum atomic E-state index is 14.9. The molecule has 0 bridgehead atoms. The van der Waals surface area contributed by atoms with E-state index in [2.05, 4.69) is 6.07 Å². The predicted octanol–water partition coefficient (Wildman–Crippen LogP) is 7.05. The molecule has 0 spiro atoms. The minimum absolute atomic E-state index is 0.0425. The van der Waals surface area contributed by atoms with Crippen LogP contribution in [-0.2, 0) is 33.5 Å². The summed E-state index contributed by atoms with van der Waals surface area (Å²) in [5.41, 5.74) is -1.17.